The lowest BCUT2D eigenvalue weighted by molar-refractivity contribution is -0.125. The summed E-state index contributed by atoms with van der Waals surface area (Å²) in [7, 11) is 0. The molecule has 49 heavy (non-hydrogen) atoms. The first kappa shape index (κ1) is 37.4. The molecule has 2 aliphatic rings. The average Bonchev–Trinajstić information content (AvgIpc) is 4.07. The molecule has 2 saturated carbocycles. The number of carbonyl (C=O) groups is 1. The number of Topliss-reactive ketones (excluding diaryl/α,β-unsaturated/α-hetero) is 1. The maximum atomic E-state index is 12.3. The SMILES string of the molecule is CC(CCCCCC(=O)CC[C@H](O)[C@@H](O)[C@H](O)[C@H](O)CO)c1ccc(Cl)c(CNC2(c3cnccc3-c3ccccc3OC3CC3)CC2)c1. The zero-order valence-corrected chi connectivity index (χ0v) is 29.1. The smallest absolute Gasteiger partial charge is 0.133 e. The molecule has 1 heterocycles. The molecule has 0 spiro atoms. The van der Waals surface area contributed by atoms with Crippen molar-refractivity contribution in [3.63, 3.8) is 0 Å². The van der Waals surface area contributed by atoms with Crippen LogP contribution in [0.15, 0.2) is 60.9 Å². The molecule has 9 nitrogen and oxygen atoms in total. The first-order chi connectivity index (χ1) is 23.6. The van der Waals surface area contributed by atoms with Crippen molar-refractivity contribution in [2.24, 2.45) is 0 Å². The maximum Gasteiger partial charge on any atom is 0.133 e. The highest BCUT2D eigenvalue weighted by Gasteiger charge is 2.46. The van der Waals surface area contributed by atoms with Crippen molar-refractivity contribution in [1.82, 2.24) is 10.3 Å². The van der Waals surface area contributed by atoms with Gasteiger partial charge in [-0.3, -0.25) is 9.78 Å². The number of nitrogens with zero attached hydrogens (tertiary/aromatic N) is 1. The van der Waals surface area contributed by atoms with Crippen molar-refractivity contribution < 1.29 is 35.1 Å². The monoisotopic (exact) mass is 694 g/mol. The minimum atomic E-state index is -1.68. The van der Waals surface area contributed by atoms with Gasteiger partial charge in [-0.2, -0.15) is 0 Å². The molecule has 2 aromatic carbocycles. The van der Waals surface area contributed by atoms with Gasteiger partial charge < -0.3 is 35.6 Å². The second-order valence-corrected chi connectivity index (χ2v) is 14.3. The van der Waals surface area contributed by atoms with E-state index < -0.39 is 31.0 Å². The predicted octanol–water partition coefficient (Wildman–Crippen LogP) is 5.56. The summed E-state index contributed by atoms with van der Waals surface area (Å²) in [6, 6.07) is 16.7. The summed E-state index contributed by atoms with van der Waals surface area (Å²) >= 11 is 6.71. The third-order valence-electron chi connectivity index (χ3n) is 9.98. The highest BCUT2D eigenvalue weighted by Crippen LogP contribution is 2.50. The van der Waals surface area contributed by atoms with Crippen LogP contribution in [-0.2, 0) is 16.9 Å². The lowest BCUT2D eigenvalue weighted by Gasteiger charge is -2.25. The fraction of sp³-hybridized carbons (Fsp3) is 0.538. The van der Waals surface area contributed by atoms with Crippen molar-refractivity contribution in [3.8, 4) is 16.9 Å². The molecular formula is C39H51ClN2O7. The summed E-state index contributed by atoms with van der Waals surface area (Å²) in [5, 5.41) is 52.6. The Hall–Kier alpha value is -2.89. The maximum absolute atomic E-state index is 12.3. The van der Waals surface area contributed by atoms with Crippen LogP contribution in [0, 0.1) is 0 Å². The number of pyridine rings is 1. The van der Waals surface area contributed by atoms with E-state index in [0.29, 0.717) is 25.0 Å². The lowest BCUT2D eigenvalue weighted by Crippen LogP contribution is -2.45. The van der Waals surface area contributed by atoms with Gasteiger partial charge in [0.25, 0.3) is 0 Å². The molecule has 1 unspecified atom stereocenters. The molecule has 5 atom stereocenters. The molecule has 2 fully saturated rings. The lowest BCUT2D eigenvalue weighted by atomic mass is 9.92. The molecule has 0 aliphatic heterocycles. The Morgan fingerprint density at radius 3 is 2.45 bits per heavy atom. The summed E-state index contributed by atoms with van der Waals surface area (Å²) in [5.74, 6) is 1.23. The Kier molecular flexibility index (Phi) is 13.2. The van der Waals surface area contributed by atoms with E-state index in [1.54, 1.807) is 0 Å². The predicted molar refractivity (Wildman–Crippen MR) is 189 cm³/mol. The Labute approximate surface area is 294 Å². The molecule has 266 valence electrons. The molecule has 0 bridgehead atoms. The summed E-state index contributed by atoms with van der Waals surface area (Å²) in [4.78, 5) is 16.8. The highest BCUT2D eigenvalue weighted by molar-refractivity contribution is 6.31. The van der Waals surface area contributed by atoms with E-state index >= 15 is 0 Å². The van der Waals surface area contributed by atoms with Gasteiger partial charge in [-0.25, -0.2) is 0 Å². The Bertz CT molecular complexity index is 1530. The van der Waals surface area contributed by atoms with Crippen molar-refractivity contribution >= 4 is 17.4 Å². The molecule has 10 heteroatoms. The van der Waals surface area contributed by atoms with Crippen LogP contribution >= 0.6 is 11.6 Å². The molecule has 0 radical (unpaired) electrons. The molecule has 0 amide bonds. The largest absolute Gasteiger partial charge is 0.490 e. The number of ether oxygens (including phenoxy) is 1. The number of hydrogen-bond acceptors (Lipinski definition) is 9. The van der Waals surface area contributed by atoms with E-state index in [1.807, 2.05) is 24.5 Å². The number of aliphatic hydroxyl groups is 5. The number of para-hydroxylation sites is 1. The minimum Gasteiger partial charge on any atom is -0.490 e. The van der Waals surface area contributed by atoms with Crippen LogP contribution in [0.4, 0.5) is 0 Å². The summed E-state index contributed by atoms with van der Waals surface area (Å²) < 4.78 is 6.26. The highest BCUT2D eigenvalue weighted by atomic mass is 35.5. The topological polar surface area (TPSA) is 152 Å². The molecule has 5 rings (SSSR count). The summed E-state index contributed by atoms with van der Waals surface area (Å²) in [5.41, 5.74) is 5.57. The van der Waals surface area contributed by atoms with Crippen LogP contribution < -0.4 is 10.1 Å². The second kappa shape index (κ2) is 17.4. The van der Waals surface area contributed by atoms with Crippen molar-refractivity contribution in [2.45, 2.75) is 126 Å². The van der Waals surface area contributed by atoms with Crippen LogP contribution in [0.25, 0.3) is 11.1 Å². The number of ketones is 1. The van der Waals surface area contributed by atoms with Crippen molar-refractivity contribution in [3.05, 3.63) is 82.6 Å². The van der Waals surface area contributed by atoms with Crippen LogP contribution in [-0.4, -0.2) is 73.4 Å². The molecule has 3 aromatic rings. The Balaban J connectivity index is 1.09. The minimum absolute atomic E-state index is 0.0195. The normalized spacial score (nSPS) is 18.3. The fourth-order valence-electron chi connectivity index (χ4n) is 6.42. The quantitative estimate of drug-likeness (QED) is 0.0787. The van der Waals surface area contributed by atoms with Gasteiger partial charge in [-0.1, -0.05) is 61.7 Å². The van der Waals surface area contributed by atoms with Gasteiger partial charge in [0.05, 0.1) is 18.8 Å². The molecule has 2 aliphatic carbocycles. The first-order valence-corrected chi connectivity index (χ1v) is 18.1. The number of halogens is 1. The number of aliphatic hydroxyl groups excluding tert-OH is 5. The molecule has 1 aromatic heterocycles. The first-order valence-electron chi connectivity index (χ1n) is 17.7. The molecule has 0 saturated heterocycles. The summed E-state index contributed by atoms with van der Waals surface area (Å²) in [6.45, 7) is 2.12. The van der Waals surface area contributed by atoms with Crippen LogP contribution in [0.2, 0.25) is 5.02 Å². The zero-order valence-electron chi connectivity index (χ0n) is 28.3. The number of hydrogen-bond donors (Lipinski definition) is 6. The van der Waals surface area contributed by atoms with Gasteiger partial charge in [0.1, 0.15) is 29.8 Å². The second-order valence-electron chi connectivity index (χ2n) is 13.9. The number of benzene rings is 2. The molecule has 6 N–H and O–H groups in total. The van der Waals surface area contributed by atoms with E-state index in [2.05, 4.69) is 53.6 Å². The number of unbranched alkanes of at least 4 members (excludes halogenated alkanes) is 2. The van der Waals surface area contributed by atoms with Crippen LogP contribution in [0.5, 0.6) is 5.75 Å². The number of nitrogens with one attached hydrogen (secondary N) is 1. The summed E-state index contributed by atoms with van der Waals surface area (Å²) in [6.07, 6.45) is 6.20. The van der Waals surface area contributed by atoms with Gasteiger partial charge in [0.2, 0.25) is 0 Å². The van der Waals surface area contributed by atoms with Gasteiger partial charge in [-0.15, -0.1) is 0 Å². The zero-order chi connectivity index (χ0) is 35.0. The number of carbonyl (C=O) groups excluding carboxylic acids is 1. The Morgan fingerprint density at radius 1 is 0.959 bits per heavy atom. The van der Waals surface area contributed by atoms with Gasteiger partial charge in [0.15, 0.2) is 0 Å². The Morgan fingerprint density at radius 2 is 1.71 bits per heavy atom. The number of rotatable bonds is 21. The van der Waals surface area contributed by atoms with Crippen LogP contribution in [0.3, 0.4) is 0 Å². The van der Waals surface area contributed by atoms with E-state index in [0.717, 1.165) is 78.8 Å². The van der Waals surface area contributed by atoms with E-state index in [-0.39, 0.29) is 24.2 Å². The van der Waals surface area contributed by atoms with Gasteiger partial charge in [-0.05, 0) is 91.3 Å². The van der Waals surface area contributed by atoms with Gasteiger partial charge in [0, 0.05) is 47.9 Å². The van der Waals surface area contributed by atoms with E-state index in [9.17, 15) is 25.2 Å². The number of aromatic nitrogens is 1. The van der Waals surface area contributed by atoms with Crippen LogP contribution in [0.1, 0.15) is 100 Å². The third-order valence-corrected chi connectivity index (χ3v) is 10.3. The standard InChI is InChI=1S/C39H51ClN2O7/c1-25(7-3-2-4-8-28(44)12-16-34(45)37(47)38(48)35(46)24-43)26-11-15-33(40)27(21-26)22-42-39(18-19-39)32-23-41-20-17-30(32)31-9-5-6-10-36(31)49-29-13-14-29/h5-6,9-11,15,17,20-21,23,25,29,34-35,37-38,42-43,45-48H,2-4,7-8,12-14,16,18-19,22,24H2,1H3/t25?,34-,35+,37+,38+/m0/s1. The van der Waals surface area contributed by atoms with E-state index in [4.69, 9.17) is 21.4 Å². The van der Waals surface area contributed by atoms with E-state index in [1.165, 1.54) is 11.1 Å². The molecular weight excluding hydrogens is 644 g/mol. The fourth-order valence-corrected chi connectivity index (χ4v) is 6.60. The third kappa shape index (κ3) is 10.1. The van der Waals surface area contributed by atoms with Crippen molar-refractivity contribution in [1.29, 1.82) is 0 Å². The average molecular weight is 695 g/mol. The van der Waals surface area contributed by atoms with Gasteiger partial charge >= 0.3 is 0 Å². The van der Waals surface area contributed by atoms with Crippen molar-refractivity contribution in [2.75, 3.05) is 6.61 Å².